The minimum absolute atomic E-state index is 0.108. The molecular formula is C12H8Cl3NO. The first-order chi connectivity index (χ1) is 8.13. The Morgan fingerprint density at radius 2 is 1.71 bits per heavy atom. The number of hydrogen-bond donors (Lipinski definition) is 1. The van der Waals surface area contributed by atoms with E-state index in [1.165, 1.54) is 0 Å². The van der Waals surface area contributed by atoms with Gasteiger partial charge >= 0.3 is 0 Å². The Kier molecular flexibility index (Phi) is 3.89. The number of pyridine rings is 1. The van der Waals surface area contributed by atoms with E-state index in [0.29, 0.717) is 31.9 Å². The Labute approximate surface area is 114 Å². The van der Waals surface area contributed by atoms with Crippen LogP contribution in [0.15, 0.2) is 30.5 Å². The molecule has 0 saturated heterocycles. The molecular weight excluding hydrogens is 280 g/mol. The second-order valence-electron chi connectivity index (χ2n) is 3.43. The van der Waals surface area contributed by atoms with E-state index in [1.807, 2.05) is 0 Å². The van der Waals surface area contributed by atoms with Gasteiger partial charge < -0.3 is 5.11 Å². The van der Waals surface area contributed by atoms with Gasteiger partial charge in [-0.05, 0) is 23.8 Å². The van der Waals surface area contributed by atoms with Crippen LogP contribution in [0.3, 0.4) is 0 Å². The van der Waals surface area contributed by atoms with Gasteiger partial charge in [0.2, 0.25) is 0 Å². The average molecular weight is 289 g/mol. The van der Waals surface area contributed by atoms with Crippen molar-refractivity contribution in [1.29, 1.82) is 0 Å². The number of hydrogen-bond acceptors (Lipinski definition) is 2. The molecule has 5 heteroatoms. The van der Waals surface area contributed by atoms with E-state index >= 15 is 0 Å². The first kappa shape index (κ1) is 12.7. The van der Waals surface area contributed by atoms with Gasteiger partial charge in [0.1, 0.15) is 0 Å². The van der Waals surface area contributed by atoms with Crippen LogP contribution in [-0.4, -0.2) is 10.1 Å². The normalized spacial score (nSPS) is 10.6. The molecule has 0 fully saturated rings. The van der Waals surface area contributed by atoms with E-state index in [9.17, 15) is 0 Å². The Morgan fingerprint density at radius 1 is 1.06 bits per heavy atom. The van der Waals surface area contributed by atoms with Crippen LogP contribution in [0.1, 0.15) is 5.56 Å². The van der Waals surface area contributed by atoms with E-state index in [2.05, 4.69) is 4.98 Å². The van der Waals surface area contributed by atoms with Crippen molar-refractivity contribution in [2.24, 2.45) is 0 Å². The Bertz CT molecular complexity index is 537. The maximum absolute atomic E-state index is 8.98. The molecule has 0 aliphatic heterocycles. The fourth-order valence-electron chi connectivity index (χ4n) is 1.47. The van der Waals surface area contributed by atoms with Gasteiger partial charge in [0.25, 0.3) is 0 Å². The molecule has 0 unspecified atom stereocenters. The summed E-state index contributed by atoms with van der Waals surface area (Å²) in [6.07, 6.45) is 1.54. The summed E-state index contributed by atoms with van der Waals surface area (Å²) in [5, 5.41) is 10.4. The van der Waals surface area contributed by atoms with Crippen LogP contribution >= 0.6 is 34.8 Å². The van der Waals surface area contributed by atoms with Gasteiger partial charge in [-0.2, -0.15) is 0 Å². The number of aromatic nitrogens is 1. The molecule has 1 heterocycles. The molecule has 0 spiro atoms. The van der Waals surface area contributed by atoms with Gasteiger partial charge in [-0.1, -0.05) is 40.9 Å². The number of nitrogens with zero attached hydrogens (tertiary/aromatic N) is 1. The minimum atomic E-state index is -0.108. The summed E-state index contributed by atoms with van der Waals surface area (Å²) < 4.78 is 0. The molecule has 2 rings (SSSR count). The van der Waals surface area contributed by atoms with Crippen molar-refractivity contribution >= 4 is 34.8 Å². The van der Waals surface area contributed by atoms with Crippen LogP contribution in [0.4, 0.5) is 0 Å². The summed E-state index contributed by atoms with van der Waals surface area (Å²) in [7, 11) is 0. The summed E-state index contributed by atoms with van der Waals surface area (Å²) in [6.45, 7) is -0.108. The van der Waals surface area contributed by atoms with Gasteiger partial charge in [-0.25, -0.2) is 0 Å². The van der Waals surface area contributed by atoms with Crippen LogP contribution in [-0.2, 0) is 6.61 Å². The van der Waals surface area contributed by atoms with E-state index in [-0.39, 0.29) is 6.61 Å². The van der Waals surface area contributed by atoms with Crippen molar-refractivity contribution in [2.75, 3.05) is 0 Å². The van der Waals surface area contributed by atoms with Crippen molar-refractivity contribution in [3.8, 4) is 11.3 Å². The van der Waals surface area contributed by atoms with Gasteiger partial charge in [0, 0.05) is 11.8 Å². The largest absolute Gasteiger partial charge is 0.392 e. The molecule has 0 aliphatic rings. The molecule has 0 amide bonds. The monoisotopic (exact) mass is 287 g/mol. The van der Waals surface area contributed by atoms with Crippen molar-refractivity contribution in [2.45, 2.75) is 6.61 Å². The zero-order chi connectivity index (χ0) is 12.4. The number of benzene rings is 1. The maximum Gasteiger partial charge on any atom is 0.0918 e. The molecule has 1 aromatic carbocycles. The predicted molar refractivity (Wildman–Crippen MR) is 70.6 cm³/mol. The quantitative estimate of drug-likeness (QED) is 0.898. The highest BCUT2D eigenvalue weighted by atomic mass is 35.5. The Balaban J connectivity index is 2.61. The van der Waals surface area contributed by atoms with Crippen molar-refractivity contribution in [1.82, 2.24) is 4.98 Å². The lowest BCUT2D eigenvalue weighted by Gasteiger charge is -2.08. The SMILES string of the molecule is OCc1cnc(-c2c(Cl)cccc2Cl)c(Cl)c1. The third-order valence-electron chi connectivity index (χ3n) is 2.28. The highest BCUT2D eigenvalue weighted by Gasteiger charge is 2.13. The third-order valence-corrected chi connectivity index (χ3v) is 3.20. The van der Waals surface area contributed by atoms with Gasteiger partial charge in [-0.3, -0.25) is 4.98 Å². The number of aliphatic hydroxyl groups excluding tert-OH is 1. The topological polar surface area (TPSA) is 33.1 Å². The summed E-state index contributed by atoms with van der Waals surface area (Å²) in [4.78, 5) is 4.18. The molecule has 0 atom stereocenters. The predicted octanol–water partition coefficient (Wildman–Crippen LogP) is 4.20. The molecule has 0 radical (unpaired) electrons. The second kappa shape index (κ2) is 5.23. The van der Waals surface area contributed by atoms with Crippen LogP contribution in [0.25, 0.3) is 11.3 Å². The van der Waals surface area contributed by atoms with E-state index in [4.69, 9.17) is 39.9 Å². The molecule has 17 heavy (non-hydrogen) atoms. The molecule has 0 saturated carbocycles. The number of rotatable bonds is 2. The molecule has 0 bridgehead atoms. The van der Waals surface area contributed by atoms with Gasteiger partial charge in [0.15, 0.2) is 0 Å². The first-order valence-electron chi connectivity index (χ1n) is 4.83. The first-order valence-corrected chi connectivity index (χ1v) is 5.96. The van der Waals surface area contributed by atoms with Crippen LogP contribution in [0, 0.1) is 0 Å². The van der Waals surface area contributed by atoms with Crippen LogP contribution in [0.5, 0.6) is 0 Å². The summed E-state index contributed by atoms with van der Waals surface area (Å²) in [6, 6.07) is 6.84. The highest BCUT2D eigenvalue weighted by molar-refractivity contribution is 6.40. The zero-order valence-electron chi connectivity index (χ0n) is 8.62. The molecule has 2 aromatic rings. The molecule has 88 valence electrons. The van der Waals surface area contributed by atoms with Gasteiger partial charge in [0.05, 0.1) is 27.4 Å². The van der Waals surface area contributed by atoms with Crippen molar-refractivity contribution in [3.05, 3.63) is 51.1 Å². The fraction of sp³-hybridized carbons (Fsp3) is 0.0833. The molecule has 1 N–H and O–H groups in total. The average Bonchev–Trinajstić information content (AvgIpc) is 2.30. The Hall–Kier alpha value is -0.800. The summed E-state index contributed by atoms with van der Waals surface area (Å²) in [5.74, 6) is 0. The Morgan fingerprint density at radius 3 is 2.24 bits per heavy atom. The molecule has 0 aliphatic carbocycles. The van der Waals surface area contributed by atoms with E-state index in [1.54, 1.807) is 30.5 Å². The standard InChI is InChI=1S/C12H8Cl3NO/c13-8-2-1-3-9(14)11(8)12-10(15)4-7(6-17)5-16-12/h1-5,17H,6H2. The fourth-order valence-corrected chi connectivity index (χ4v) is 2.33. The highest BCUT2D eigenvalue weighted by Crippen LogP contribution is 2.37. The zero-order valence-corrected chi connectivity index (χ0v) is 10.9. The van der Waals surface area contributed by atoms with Crippen LogP contribution in [0.2, 0.25) is 15.1 Å². The second-order valence-corrected chi connectivity index (χ2v) is 4.65. The summed E-state index contributed by atoms with van der Waals surface area (Å²) >= 11 is 18.3. The lowest BCUT2D eigenvalue weighted by atomic mass is 10.1. The van der Waals surface area contributed by atoms with Gasteiger partial charge in [-0.15, -0.1) is 0 Å². The maximum atomic E-state index is 8.98. The lowest BCUT2D eigenvalue weighted by molar-refractivity contribution is 0.281. The van der Waals surface area contributed by atoms with E-state index < -0.39 is 0 Å². The molecule has 2 nitrogen and oxygen atoms in total. The summed E-state index contributed by atoms with van der Waals surface area (Å²) in [5.41, 5.74) is 1.76. The van der Waals surface area contributed by atoms with E-state index in [0.717, 1.165) is 0 Å². The molecule has 1 aromatic heterocycles. The number of aliphatic hydroxyl groups is 1. The van der Waals surface area contributed by atoms with Crippen molar-refractivity contribution < 1.29 is 5.11 Å². The lowest BCUT2D eigenvalue weighted by Crippen LogP contribution is -1.91. The van der Waals surface area contributed by atoms with Crippen molar-refractivity contribution in [3.63, 3.8) is 0 Å². The number of halogens is 3. The third kappa shape index (κ3) is 2.55. The smallest absolute Gasteiger partial charge is 0.0918 e. The van der Waals surface area contributed by atoms with Crippen LogP contribution < -0.4 is 0 Å². The minimum Gasteiger partial charge on any atom is -0.392 e.